The number of aromatic nitrogens is 1. The van der Waals surface area contributed by atoms with E-state index in [9.17, 15) is 8.78 Å². The molecule has 0 radical (unpaired) electrons. The van der Waals surface area contributed by atoms with Crippen LogP contribution in [-0.2, 0) is 12.8 Å². The summed E-state index contributed by atoms with van der Waals surface area (Å²) in [6, 6.07) is 7.29. The highest BCUT2D eigenvalue weighted by Crippen LogP contribution is 2.10. The second-order valence-corrected chi connectivity index (χ2v) is 5.80. The first-order chi connectivity index (χ1) is 12.1. The van der Waals surface area contributed by atoms with Crippen molar-refractivity contribution in [3.63, 3.8) is 0 Å². The van der Waals surface area contributed by atoms with Gasteiger partial charge in [-0.05, 0) is 43.0 Å². The standard InChI is InChI=1S/C18H21ClF2N4/c1-2-22-18(23-9-7-13-3-6-17(19)25-12-13)24-10-8-14-4-5-15(20)11-16(14)21/h3-6,11-12H,2,7-10H2,1H3,(H2,22,23,24). The lowest BCUT2D eigenvalue weighted by atomic mass is 10.1. The smallest absolute Gasteiger partial charge is 0.191 e. The maximum atomic E-state index is 13.6. The van der Waals surface area contributed by atoms with Crippen LogP contribution in [0.3, 0.4) is 0 Å². The van der Waals surface area contributed by atoms with Crippen LogP contribution >= 0.6 is 11.6 Å². The first-order valence-electron chi connectivity index (χ1n) is 8.15. The van der Waals surface area contributed by atoms with Gasteiger partial charge in [0.2, 0.25) is 0 Å². The van der Waals surface area contributed by atoms with Crippen LogP contribution in [-0.4, -0.2) is 30.6 Å². The first kappa shape index (κ1) is 19.1. The van der Waals surface area contributed by atoms with E-state index in [1.807, 2.05) is 13.0 Å². The number of nitrogens with zero attached hydrogens (tertiary/aromatic N) is 2. The topological polar surface area (TPSA) is 49.3 Å². The van der Waals surface area contributed by atoms with Crippen LogP contribution in [0.1, 0.15) is 18.1 Å². The van der Waals surface area contributed by atoms with Crippen molar-refractivity contribution in [1.29, 1.82) is 0 Å². The van der Waals surface area contributed by atoms with Crippen molar-refractivity contribution in [2.24, 2.45) is 4.99 Å². The lowest BCUT2D eigenvalue weighted by Gasteiger charge is -2.11. The molecule has 1 aromatic heterocycles. The Kier molecular flexibility index (Phi) is 7.60. The molecule has 0 bridgehead atoms. The summed E-state index contributed by atoms with van der Waals surface area (Å²) in [7, 11) is 0. The summed E-state index contributed by atoms with van der Waals surface area (Å²) < 4.78 is 26.5. The second kappa shape index (κ2) is 9.93. The highest BCUT2D eigenvalue weighted by Gasteiger charge is 2.04. The van der Waals surface area contributed by atoms with Gasteiger partial charge in [0.1, 0.15) is 16.8 Å². The Balaban J connectivity index is 1.83. The van der Waals surface area contributed by atoms with E-state index < -0.39 is 11.6 Å². The fraction of sp³-hybridized carbons (Fsp3) is 0.333. The molecule has 134 valence electrons. The number of hydrogen-bond donors (Lipinski definition) is 2. The molecule has 0 unspecified atom stereocenters. The normalized spacial score (nSPS) is 11.4. The van der Waals surface area contributed by atoms with Crippen LogP contribution in [0, 0.1) is 11.6 Å². The number of halogens is 3. The van der Waals surface area contributed by atoms with Crippen molar-refractivity contribution < 1.29 is 8.78 Å². The van der Waals surface area contributed by atoms with Gasteiger partial charge in [-0.3, -0.25) is 4.99 Å². The Morgan fingerprint density at radius 1 is 1.16 bits per heavy atom. The molecule has 0 amide bonds. The molecule has 0 aliphatic rings. The summed E-state index contributed by atoms with van der Waals surface area (Å²) in [5.74, 6) is -0.452. The Morgan fingerprint density at radius 3 is 2.68 bits per heavy atom. The summed E-state index contributed by atoms with van der Waals surface area (Å²) >= 11 is 5.76. The van der Waals surface area contributed by atoms with Crippen molar-refractivity contribution in [3.8, 4) is 0 Å². The minimum atomic E-state index is -0.573. The van der Waals surface area contributed by atoms with E-state index in [4.69, 9.17) is 11.6 Å². The minimum absolute atomic E-state index is 0.403. The van der Waals surface area contributed by atoms with E-state index in [0.717, 1.165) is 24.6 Å². The van der Waals surface area contributed by atoms with Crippen molar-refractivity contribution in [3.05, 3.63) is 64.4 Å². The van der Waals surface area contributed by atoms with Gasteiger partial charge in [-0.25, -0.2) is 13.8 Å². The van der Waals surface area contributed by atoms with E-state index >= 15 is 0 Å². The van der Waals surface area contributed by atoms with Gasteiger partial charge in [0, 0.05) is 31.9 Å². The highest BCUT2D eigenvalue weighted by atomic mass is 35.5. The third kappa shape index (κ3) is 6.66. The number of aliphatic imine (C=N–C) groups is 1. The minimum Gasteiger partial charge on any atom is -0.357 e. The number of pyridine rings is 1. The SMILES string of the molecule is CCNC(=NCCc1ccc(F)cc1F)NCCc1ccc(Cl)nc1. The highest BCUT2D eigenvalue weighted by molar-refractivity contribution is 6.29. The molecule has 4 nitrogen and oxygen atoms in total. The molecule has 2 rings (SSSR count). The van der Waals surface area contributed by atoms with Crippen molar-refractivity contribution in [1.82, 2.24) is 15.6 Å². The van der Waals surface area contributed by atoms with Gasteiger partial charge < -0.3 is 10.6 Å². The van der Waals surface area contributed by atoms with Gasteiger partial charge in [0.05, 0.1) is 0 Å². The summed E-state index contributed by atoms with van der Waals surface area (Å²) in [6.45, 7) is 3.78. The Bertz CT molecular complexity index is 705. The predicted octanol–water partition coefficient (Wildman–Crippen LogP) is 3.35. The lowest BCUT2D eigenvalue weighted by Crippen LogP contribution is -2.38. The lowest BCUT2D eigenvalue weighted by molar-refractivity contribution is 0.572. The van der Waals surface area contributed by atoms with Crippen LogP contribution in [0.25, 0.3) is 0 Å². The molecular weight excluding hydrogens is 346 g/mol. The van der Waals surface area contributed by atoms with Gasteiger partial charge in [0.15, 0.2) is 5.96 Å². The average molecular weight is 367 g/mol. The number of guanidine groups is 1. The van der Waals surface area contributed by atoms with E-state index in [0.29, 0.717) is 36.2 Å². The fourth-order valence-electron chi connectivity index (χ4n) is 2.23. The number of nitrogens with one attached hydrogen (secondary N) is 2. The van der Waals surface area contributed by atoms with Gasteiger partial charge in [-0.2, -0.15) is 0 Å². The third-order valence-corrected chi connectivity index (χ3v) is 3.73. The number of hydrogen-bond acceptors (Lipinski definition) is 2. The Hall–Kier alpha value is -2.21. The van der Waals surface area contributed by atoms with Crippen molar-refractivity contribution >= 4 is 17.6 Å². The van der Waals surface area contributed by atoms with Crippen LogP contribution in [0.4, 0.5) is 8.78 Å². The van der Waals surface area contributed by atoms with Crippen LogP contribution in [0.15, 0.2) is 41.5 Å². The molecule has 1 aromatic carbocycles. The van der Waals surface area contributed by atoms with Gasteiger partial charge >= 0.3 is 0 Å². The summed E-state index contributed by atoms with van der Waals surface area (Å²) in [5, 5.41) is 6.83. The molecule has 0 fully saturated rings. The number of rotatable bonds is 7. The summed E-state index contributed by atoms with van der Waals surface area (Å²) in [4.78, 5) is 8.46. The number of benzene rings is 1. The average Bonchev–Trinajstić information content (AvgIpc) is 2.58. The van der Waals surface area contributed by atoms with Gasteiger partial charge in [-0.15, -0.1) is 0 Å². The fourth-order valence-corrected chi connectivity index (χ4v) is 2.35. The Morgan fingerprint density at radius 2 is 2.00 bits per heavy atom. The zero-order valence-corrected chi connectivity index (χ0v) is 14.8. The monoisotopic (exact) mass is 366 g/mol. The van der Waals surface area contributed by atoms with E-state index in [1.165, 1.54) is 12.1 Å². The third-order valence-electron chi connectivity index (χ3n) is 3.51. The Labute approximate surface area is 151 Å². The molecule has 0 aliphatic carbocycles. The molecule has 0 spiro atoms. The molecule has 7 heteroatoms. The predicted molar refractivity (Wildman–Crippen MR) is 97.0 cm³/mol. The van der Waals surface area contributed by atoms with E-state index in [-0.39, 0.29) is 0 Å². The maximum absolute atomic E-state index is 13.6. The van der Waals surface area contributed by atoms with Gasteiger partial charge in [-0.1, -0.05) is 23.7 Å². The zero-order chi connectivity index (χ0) is 18.1. The van der Waals surface area contributed by atoms with Crippen molar-refractivity contribution in [2.75, 3.05) is 19.6 Å². The molecular formula is C18H21ClF2N4. The summed E-state index contributed by atoms with van der Waals surface area (Å²) in [6.07, 6.45) is 2.93. The molecule has 1 heterocycles. The van der Waals surface area contributed by atoms with Crippen LogP contribution in [0.5, 0.6) is 0 Å². The molecule has 0 saturated heterocycles. The van der Waals surface area contributed by atoms with E-state index in [1.54, 1.807) is 12.3 Å². The molecule has 0 aliphatic heterocycles. The molecule has 25 heavy (non-hydrogen) atoms. The summed E-state index contributed by atoms with van der Waals surface area (Å²) in [5.41, 5.74) is 1.52. The van der Waals surface area contributed by atoms with Crippen LogP contribution in [0.2, 0.25) is 5.15 Å². The first-order valence-corrected chi connectivity index (χ1v) is 8.53. The maximum Gasteiger partial charge on any atom is 0.191 e. The van der Waals surface area contributed by atoms with E-state index in [2.05, 4.69) is 20.6 Å². The second-order valence-electron chi connectivity index (χ2n) is 5.41. The van der Waals surface area contributed by atoms with Crippen LogP contribution < -0.4 is 10.6 Å². The quantitative estimate of drug-likeness (QED) is 0.449. The molecule has 0 saturated carbocycles. The van der Waals surface area contributed by atoms with Crippen molar-refractivity contribution in [2.45, 2.75) is 19.8 Å². The van der Waals surface area contributed by atoms with Gasteiger partial charge in [0.25, 0.3) is 0 Å². The largest absolute Gasteiger partial charge is 0.357 e. The molecule has 0 atom stereocenters. The molecule has 2 aromatic rings. The zero-order valence-electron chi connectivity index (χ0n) is 14.0. The molecule has 2 N–H and O–H groups in total.